The van der Waals surface area contributed by atoms with E-state index < -0.39 is 5.54 Å². The number of aldehydes is 1. The normalized spacial score (nSPS) is 11.7. The van der Waals surface area contributed by atoms with Crippen molar-refractivity contribution in [3.05, 3.63) is 28.0 Å². The number of halogens is 1. The number of thiophene rings is 1. The third-order valence-corrected chi connectivity index (χ3v) is 3.54. The fraction of sp³-hybridized carbons (Fsp3) is 0.273. The van der Waals surface area contributed by atoms with Crippen LogP contribution in [0.2, 0.25) is 5.02 Å². The first-order chi connectivity index (χ1) is 7.54. The molecule has 84 valence electrons. The fourth-order valence-corrected chi connectivity index (χ4v) is 2.38. The Bertz CT molecular complexity index is 516. The van der Waals surface area contributed by atoms with E-state index in [9.17, 15) is 4.79 Å². The Morgan fingerprint density at radius 1 is 1.50 bits per heavy atom. The van der Waals surface area contributed by atoms with Gasteiger partial charge in [0, 0.05) is 22.5 Å². The first-order valence-corrected chi connectivity index (χ1v) is 6.11. The van der Waals surface area contributed by atoms with E-state index in [-0.39, 0.29) is 0 Å². The molecule has 0 atom stereocenters. The van der Waals surface area contributed by atoms with Gasteiger partial charge in [-0.1, -0.05) is 11.6 Å². The van der Waals surface area contributed by atoms with Crippen LogP contribution >= 0.6 is 22.9 Å². The van der Waals surface area contributed by atoms with Crippen molar-refractivity contribution in [3.63, 3.8) is 0 Å². The van der Waals surface area contributed by atoms with Gasteiger partial charge in [0.15, 0.2) is 0 Å². The van der Waals surface area contributed by atoms with Gasteiger partial charge in [-0.05, 0) is 19.9 Å². The van der Waals surface area contributed by atoms with Crippen molar-refractivity contribution in [1.29, 1.82) is 0 Å². The summed E-state index contributed by atoms with van der Waals surface area (Å²) >= 11 is 7.56. The van der Waals surface area contributed by atoms with Crippen LogP contribution < -0.4 is 0 Å². The number of aromatic nitrogens is 2. The molecular formula is C11H11ClN2OS. The van der Waals surface area contributed by atoms with Crippen molar-refractivity contribution in [3.8, 4) is 11.3 Å². The van der Waals surface area contributed by atoms with Crippen LogP contribution in [0.25, 0.3) is 11.3 Å². The van der Waals surface area contributed by atoms with Gasteiger partial charge in [0.1, 0.15) is 11.8 Å². The minimum Gasteiger partial charge on any atom is -0.301 e. The maximum absolute atomic E-state index is 10.9. The highest BCUT2D eigenvalue weighted by Crippen LogP contribution is 2.30. The molecule has 0 unspecified atom stereocenters. The minimum absolute atomic E-state index is 0.624. The zero-order chi connectivity index (χ0) is 11.8. The van der Waals surface area contributed by atoms with Gasteiger partial charge in [-0.3, -0.25) is 4.68 Å². The Balaban J connectivity index is 2.41. The number of nitrogens with zero attached hydrogens (tertiary/aromatic N) is 2. The van der Waals surface area contributed by atoms with E-state index in [4.69, 9.17) is 11.6 Å². The van der Waals surface area contributed by atoms with E-state index in [1.165, 1.54) is 11.3 Å². The second kappa shape index (κ2) is 4.03. The van der Waals surface area contributed by atoms with Crippen LogP contribution in [-0.4, -0.2) is 16.1 Å². The average molecular weight is 255 g/mol. The Morgan fingerprint density at radius 3 is 2.81 bits per heavy atom. The van der Waals surface area contributed by atoms with Gasteiger partial charge in [0.25, 0.3) is 0 Å². The fourth-order valence-electron chi connectivity index (χ4n) is 1.31. The molecule has 0 amide bonds. The summed E-state index contributed by atoms with van der Waals surface area (Å²) in [6, 6.07) is 1.86. The first-order valence-electron chi connectivity index (χ1n) is 4.79. The lowest BCUT2D eigenvalue weighted by Gasteiger charge is -2.17. The molecule has 3 nitrogen and oxygen atoms in total. The van der Waals surface area contributed by atoms with E-state index in [0.717, 1.165) is 17.5 Å². The maximum Gasteiger partial charge on any atom is 0.147 e. The van der Waals surface area contributed by atoms with Crippen LogP contribution in [-0.2, 0) is 10.3 Å². The molecule has 2 heterocycles. The number of rotatable bonds is 3. The molecule has 0 aliphatic heterocycles. The van der Waals surface area contributed by atoms with Crippen molar-refractivity contribution in [2.24, 2.45) is 0 Å². The van der Waals surface area contributed by atoms with E-state index >= 15 is 0 Å². The van der Waals surface area contributed by atoms with Crippen molar-refractivity contribution in [1.82, 2.24) is 9.78 Å². The Labute approximate surface area is 103 Å². The van der Waals surface area contributed by atoms with Crippen molar-refractivity contribution in [2.45, 2.75) is 19.4 Å². The molecular weight excluding hydrogens is 244 g/mol. The average Bonchev–Trinajstić information content (AvgIpc) is 2.85. The number of hydrogen-bond acceptors (Lipinski definition) is 3. The molecule has 0 aliphatic carbocycles. The van der Waals surface area contributed by atoms with E-state index in [0.29, 0.717) is 5.02 Å². The zero-order valence-electron chi connectivity index (χ0n) is 8.98. The largest absolute Gasteiger partial charge is 0.301 e. The Kier molecular flexibility index (Phi) is 2.86. The Morgan fingerprint density at radius 2 is 2.25 bits per heavy atom. The molecule has 2 aromatic heterocycles. The van der Waals surface area contributed by atoms with Crippen molar-refractivity contribution < 1.29 is 4.79 Å². The molecule has 0 saturated carbocycles. The molecule has 0 spiro atoms. The molecule has 5 heteroatoms. The van der Waals surface area contributed by atoms with E-state index in [1.807, 2.05) is 30.7 Å². The lowest BCUT2D eigenvalue weighted by molar-refractivity contribution is -0.114. The van der Waals surface area contributed by atoms with Gasteiger partial charge in [0.2, 0.25) is 0 Å². The molecule has 2 aromatic rings. The van der Waals surface area contributed by atoms with Crippen LogP contribution in [0, 0.1) is 0 Å². The molecule has 0 aliphatic rings. The van der Waals surface area contributed by atoms with Crippen molar-refractivity contribution >= 4 is 29.2 Å². The summed E-state index contributed by atoms with van der Waals surface area (Å²) in [4.78, 5) is 10.9. The summed E-state index contributed by atoms with van der Waals surface area (Å²) in [5.74, 6) is 0. The predicted molar refractivity (Wildman–Crippen MR) is 65.9 cm³/mol. The molecule has 0 fully saturated rings. The summed E-state index contributed by atoms with van der Waals surface area (Å²) in [7, 11) is 0. The predicted octanol–water partition coefficient (Wildman–Crippen LogP) is 3.20. The van der Waals surface area contributed by atoms with Crippen molar-refractivity contribution in [2.75, 3.05) is 0 Å². The molecule has 2 rings (SSSR count). The SMILES string of the molecule is CC(C)(C=O)n1ccc(-c2cscc2Cl)n1. The van der Waals surface area contributed by atoms with Gasteiger partial charge in [0.05, 0.1) is 10.7 Å². The summed E-state index contributed by atoms with van der Waals surface area (Å²) in [6.07, 6.45) is 2.66. The van der Waals surface area contributed by atoms with E-state index in [1.54, 1.807) is 10.9 Å². The van der Waals surface area contributed by atoms with Gasteiger partial charge in [-0.25, -0.2) is 0 Å². The maximum atomic E-state index is 10.9. The monoisotopic (exact) mass is 254 g/mol. The van der Waals surface area contributed by atoms with E-state index in [2.05, 4.69) is 5.10 Å². The third-order valence-electron chi connectivity index (χ3n) is 2.36. The van der Waals surface area contributed by atoms with Gasteiger partial charge >= 0.3 is 0 Å². The lowest BCUT2D eigenvalue weighted by atomic mass is 10.1. The summed E-state index contributed by atoms with van der Waals surface area (Å²) in [5, 5.41) is 8.87. The molecule has 0 N–H and O–H groups in total. The van der Waals surface area contributed by atoms with Crippen LogP contribution in [0.4, 0.5) is 0 Å². The molecule has 0 radical (unpaired) electrons. The number of carbonyl (C=O) groups is 1. The highest BCUT2D eigenvalue weighted by Gasteiger charge is 2.20. The quantitative estimate of drug-likeness (QED) is 0.789. The number of carbonyl (C=O) groups excluding carboxylic acids is 1. The highest BCUT2D eigenvalue weighted by molar-refractivity contribution is 7.08. The Hall–Kier alpha value is -1.13. The van der Waals surface area contributed by atoms with Crippen LogP contribution in [0.3, 0.4) is 0 Å². The topological polar surface area (TPSA) is 34.9 Å². The first kappa shape index (κ1) is 11.4. The summed E-state index contributed by atoms with van der Waals surface area (Å²) < 4.78 is 1.64. The second-order valence-corrected chi connectivity index (χ2v) is 5.20. The molecule has 16 heavy (non-hydrogen) atoms. The molecule has 0 saturated heterocycles. The zero-order valence-corrected chi connectivity index (χ0v) is 10.5. The smallest absolute Gasteiger partial charge is 0.147 e. The molecule has 0 bridgehead atoms. The number of hydrogen-bond donors (Lipinski definition) is 0. The third kappa shape index (κ3) is 1.90. The summed E-state index contributed by atoms with van der Waals surface area (Å²) in [6.45, 7) is 3.62. The van der Waals surface area contributed by atoms with Crippen LogP contribution in [0.5, 0.6) is 0 Å². The van der Waals surface area contributed by atoms with Gasteiger partial charge < -0.3 is 4.79 Å². The standard InChI is InChI=1S/C11H11ClN2OS/c1-11(2,7-15)14-4-3-10(13-14)8-5-16-6-9(8)12/h3-7H,1-2H3. The van der Waals surface area contributed by atoms with Crippen LogP contribution in [0.15, 0.2) is 23.0 Å². The van der Waals surface area contributed by atoms with Crippen LogP contribution in [0.1, 0.15) is 13.8 Å². The minimum atomic E-state index is -0.624. The van der Waals surface area contributed by atoms with Gasteiger partial charge in [-0.15, -0.1) is 0 Å². The second-order valence-electron chi connectivity index (χ2n) is 4.05. The van der Waals surface area contributed by atoms with Gasteiger partial charge in [-0.2, -0.15) is 16.4 Å². The molecule has 0 aromatic carbocycles. The lowest BCUT2D eigenvalue weighted by Crippen LogP contribution is -2.28. The highest BCUT2D eigenvalue weighted by atomic mass is 35.5. The summed E-state index contributed by atoms with van der Waals surface area (Å²) in [5.41, 5.74) is 1.08.